The van der Waals surface area contributed by atoms with Crippen molar-refractivity contribution in [2.45, 2.75) is 32.6 Å². The molecule has 1 rings (SSSR count). The minimum Gasteiger partial charge on any atom is -0.481 e. The second-order valence-electron chi connectivity index (χ2n) is 3.92. The number of carbonyl (C=O) groups is 1. The molecule has 1 heterocycles. The smallest absolute Gasteiger partial charge is 0.306 e. The van der Waals surface area contributed by atoms with Crippen molar-refractivity contribution >= 4 is 5.97 Å². The molecule has 1 aliphatic heterocycles. The van der Waals surface area contributed by atoms with E-state index in [4.69, 9.17) is 5.11 Å². The van der Waals surface area contributed by atoms with E-state index in [1.165, 1.54) is 0 Å². The fourth-order valence-corrected chi connectivity index (χ4v) is 2.01. The highest BCUT2D eigenvalue weighted by Gasteiger charge is 2.23. The zero-order valence-electron chi connectivity index (χ0n) is 8.25. The first-order chi connectivity index (χ1) is 6.24. The van der Waals surface area contributed by atoms with Gasteiger partial charge < -0.3 is 10.4 Å². The van der Waals surface area contributed by atoms with Crippen LogP contribution in [0, 0.1) is 11.8 Å². The average Bonchev–Trinajstić information content (AvgIpc) is 2.56. The molecule has 0 aliphatic carbocycles. The van der Waals surface area contributed by atoms with Crippen molar-refractivity contribution in [3.63, 3.8) is 0 Å². The Kier molecular flexibility index (Phi) is 4.22. The van der Waals surface area contributed by atoms with Crippen molar-refractivity contribution in [1.82, 2.24) is 5.32 Å². The molecule has 3 nitrogen and oxygen atoms in total. The van der Waals surface area contributed by atoms with Crippen LogP contribution in [0.4, 0.5) is 0 Å². The zero-order chi connectivity index (χ0) is 9.68. The van der Waals surface area contributed by atoms with Gasteiger partial charge in [-0.2, -0.15) is 0 Å². The third-order valence-corrected chi connectivity index (χ3v) is 2.77. The molecule has 0 aromatic carbocycles. The lowest BCUT2D eigenvalue weighted by Gasteiger charge is -2.15. The van der Waals surface area contributed by atoms with Gasteiger partial charge in [0.05, 0.1) is 5.92 Å². The Morgan fingerprint density at radius 2 is 2.46 bits per heavy atom. The average molecular weight is 185 g/mol. The molecule has 0 amide bonds. The third kappa shape index (κ3) is 3.35. The van der Waals surface area contributed by atoms with Gasteiger partial charge in [0.2, 0.25) is 0 Å². The van der Waals surface area contributed by atoms with Crippen molar-refractivity contribution in [2.24, 2.45) is 11.8 Å². The van der Waals surface area contributed by atoms with Gasteiger partial charge >= 0.3 is 5.97 Å². The highest BCUT2D eigenvalue weighted by Crippen LogP contribution is 2.21. The standard InChI is InChI=1S/C10H19NO2/c1-2-3-9(10(12)13)6-8-4-5-11-7-8/h8-9,11H,2-7H2,1H3,(H,12,13). The Bertz CT molecular complexity index is 164. The molecule has 3 heteroatoms. The molecule has 2 N–H and O–H groups in total. The second kappa shape index (κ2) is 5.22. The van der Waals surface area contributed by atoms with Crippen LogP contribution in [0.2, 0.25) is 0 Å². The fraction of sp³-hybridized carbons (Fsp3) is 0.900. The maximum atomic E-state index is 10.9. The summed E-state index contributed by atoms with van der Waals surface area (Å²) in [5.41, 5.74) is 0. The van der Waals surface area contributed by atoms with Crippen molar-refractivity contribution in [1.29, 1.82) is 0 Å². The summed E-state index contributed by atoms with van der Waals surface area (Å²) < 4.78 is 0. The van der Waals surface area contributed by atoms with Crippen molar-refractivity contribution in [3.8, 4) is 0 Å². The molecule has 1 aliphatic rings. The lowest BCUT2D eigenvalue weighted by Crippen LogP contribution is -2.19. The molecule has 2 unspecified atom stereocenters. The maximum absolute atomic E-state index is 10.9. The van der Waals surface area contributed by atoms with Crippen LogP contribution in [-0.2, 0) is 4.79 Å². The van der Waals surface area contributed by atoms with Crippen LogP contribution in [0.15, 0.2) is 0 Å². The summed E-state index contributed by atoms with van der Waals surface area (Å²) in [6, 6.07) is 0. The highest BCUT2D eigenvalue weighted by molar-refractivity contribution is 5.69. The molecule has 0 aromatic heterocycles. The number of hydrogen-bond acceptors (Lipinski definition) is 2. The summed E-state index contributed by atoms with van der Waals surface area (Å²) in [5.74, 6) is -0.142. The topological polar surface area (TPSA) is 49.3 Å². The van der Waals surface area contributed by atoms with Gasteiger partial charge in [0.25, 0.3) is 0 Å². The first kappa shape index (κ1) is 10.5. The summed E-state index contributed by atoms with van der Waals surface area (Å²) in [5, 5.41) is 12.2. The SMILES string of the molecule is CCCC(CC1CCNC1)C(=O)O. The summed E-state index contributed by atoms with van der Waals surface area (Å²) in [6.45, 7) is 4.11. The molecular weight excluding hydrogens is 166 g/mol. The van der Waals surface area contributed by atoms with Gasteiger partial charge in [-0.25, -0.2) is 0 Å². The molecule has 2 atom stereocenters. The van der Waals surface area contributed by atoms with Gasteiger partial charge in [0.1, 0.15) is 0 Å². The predicted molar refractivity (Wildman–Crippen MR) is 51.6 cm³/mol. The zero-order valence-corrected chi connectivity index (χ0v) is 8.25. The Hall–Kier alpha value is -0.570. The minimum absolute atomic E-state index is 0.116. The summed E-state index contributed by atoms with van der Waals surface area (Å²) >= 11 is 0. The molecule has 1 fully saturated rings. The largest absolute Gasteiger partial charge is 0.481 e. The van der Waals surface area contributed by atoms with Gasteiger partial charge in [0.15, 0.2) is 0 Å². The highest BCUT2D eigenvalue weighted by atomic mass is 16.4. The molecule has 76 valence electrons. The third-order valence-electron chi connectivity index (χ3n) is 2.77. The number of carboxylic acids is 1. The van der Waals surface area contributed by atoms with E-state index in [1.807, 2.05) is 6.92 Å². The lowest BCUT2D eigenvalue weighted by molar-refractivity contribution is -0.142. The normalized spacial score (nSPS) is 24.5. The number of rotatable bonds is 5. The van der Waals surface area contributed by atoms with E-state index >= 15 is 0 Å². The van der Waals surface area contributed by atoms with Crippen LogP contribution in [0.25, 0.3) is 0 Å². The Balaban J connectivity index is 2.32. The van der Waals surface area contributed by atoms with Gasteiger partial charge in [-0.15, -0.1) is 0 Å². The van der Waals surface area contributed by atoms with E-state index in [-0.39, 0.29) is 5.92 Å². The van der Waals surface area contributed by atoms with E-state index in [0.717, 1.165) is 38.8 Å². The van der Waals surface area contributed by atoms with E-state index in [9.17, 15) is 4.79 Å². The van der Waals surface area contributed by atoms with Gasteiger partial charge in [-0.05, 0) is 38.3 Å². The van der Waals surface area contributed by atoms with Crippen molar-refractivity contribution < 1.29 is 9.90 Å². The number of hydrogen-bond donors (Lipinski definition) is 2. The molecule has 0 saturated carbocycles. The quantitative estimate of drug-likeness (QED) is 0.682. The molecular formula is C10H19NO2. The molecule has 1 saturated heterocycles. The summed E-state index contributed by atoms with van der Waals surface area (Å²) in [6.07, 6.45) is 3.80. The number of aliphatic carboxylic acids is 1. The molecule has 0 bridgehead atoms. The van der Waals surface area contributed by atoms with Crippen LogP contribution in [0.1, 0.15) is 32.6 Å². The molecule has 13 heavy (non-hydrogen) atoms. The van der Waals surface area contributed by atoms with Gasteiger partial charge in [-0.3, -0.25) is 4.79 Å². The van der Waals surface area contributed by atoms with Crippen LogP contribution in [0.3, 0.4) is 0 Å². The summed E-state index contributed by atoms with van der Waals surface area (Å²) in [7, 11) is 0. The molecule has 0 aromatic rings. The van der Waals surface area contributed by atoms with Crippen LogP contribution >= 0.6 is 0 Å². The monoisotopic (exact) mass is 185 g/mol. The minimum atomic E-state index is -0.617. The fourth-order valence-electron chi connectivity index (χ4n) is 2.01. The maximum Gasteiger partial charge on any atom is 0.306 e. The van der Waals surface area contributed by atoms with Crippen molar-refractivity contribution in [3.05, 3.63) is 0 Å². The molecule has 0 radical (unpaired) electrons. The van der Waals surface area contributed by atoms with Crippen LogP contribution < -0.4 is 5.32 Å². The van der Waals surface area contributed by atoms with Crippen LogP contribution in [0.5, 0.6) is 0 Å². The predicted octanol–water partition coefficient (Wildman–Crippen LogP) is 1.49. The van der Waals surface area contributed by atoms with E-state index in [0.29, 0.717) is 5.92 Å². The van der Waals surface area contributed by atoms with E-state index in [1.54, 1.807) is 0 Å². The number of nitrogens with one attached hydrogen (secondary N) is 1. The van der Waals surface area contributed by atoms with Crippen LogP contribution in [-0.4, -0.2) is 24.2 Å². The lowest BCUT2D eigenvalue weighted by atomic mass is 9.91. The Labute approximate surface area is 79.5 Å². The second-order valence-corrected chi connectivity index (χ2v) is 3.92. The van der Waals surface area contributed by atoms with Crippen molar-refractivity contribution in [2.75, 3.05) is 13.1 Å². The number of carboxylic acid groups (broad SMARTS) is 1. The van der Waals surface area contributed by atoms with E-state index < -0.39 is 5.97 Å². The summed E-state index contributed by atoms with van der Waals surface area (Å²) in [4.78, 5) is 10.9. The molecule has 0 spiro atoms. The first-order valence-electron chi connectivity index (χ1n) is 5.17. The van der Waals surface area contributed by atoms with Gasteiger partial charge in [-0.1, -0.05) is 13.3 Å². The van der Waals surface area contributed by atoms with E-state index in [2.05, 4.69) is 5.32 Å². The Morgan fingerprint density at radius 3 is 2.92 bits per heavy atom. The Morgan fingerprint density at radius 1 is 1.69 bits per heavy atom. The first-order valence-corrected chi connectivity index (χ1v) is 5.17. The van der Waals surface area contributed by atoms with Gasteiger partial charge in [0, 0.05) is 0 Å².